The lowest BCUT2D eigenvalue weighted by atomic mass is 9.78. The Kier molecular flexibility index (Phi) is 5.54. The Bertz CT molecular complexity index is 300. The molecule has 4 nitrogen and oxygen atoms in total. The highest BCUT2D eigenvalue weighted by atomic mass is 32.2. The van der Waals surface area contributed by atoms with Crippen molar-refractivity contribution in [1.29, 1.82) is 0 Å². The molecule has 110 valence electrons. The van der Waals surface area contributed by atoms with Gasteiger partial charge in [-0.15, -0.1) is 0 Å². The number of carbonyl (C=O) groups excluding carboxylic acids is 1. The molecule has 5 heteroatoms. The van der Waals surface area contributed by atoms with E-state index in [9.17, 15) is 4.79 Å². The van der Waals surface area contributed by atoms with Crippen LogP contribution in [0.1, 0.15) is 32.1 Å². The lowest BCUT2D eigenvalue weighted by Crippen LogP contribution is -2.52. The van der Waals surface area contributed by atoms with Gasteiger partial charge in [-0.1, -0.05) is 0 Å². The molecule has 1 aliphatic heterocycles. The molecule has 2 aliphatic rings. The normalized spacial score (nSPS) is 30.2. The number of piperidine rings is 1. The lowest BCUT2D eigenvalue weighted by Gasteiger charge is -2.36. The maximum Gasteiger partial charge on any atom is 0.228 e. The molecule has 19 heavy (non-hydrogen) atoms. The van der Waals surface area contributed by atoms with Crippen LogP contribution in [0.15, 0.2) is 0 Å². The number of hydrogen-bond donors (Lipinski definition) is 2. The monoisotopic (exact) mass is 286 g/mol. The molecule has 1 amide bonds. The molecule has 0 aromatic rings. The fraction of sp³-hybridized carbons (Fsp3) is 0.929. The van der Waals surface area contributed by atoms with Gasteiger partial charge in [0.2, 0.25) is 5.91 Å². The van der Waals surface area contributed by atoms with Crippen LogP contribution < -0.4 is 10.6 Å². The van der Waals surface area contributed by atoms with Crippen molar-refractivity contribution in [2.75, 3.05) is 33.1 Å². The fourth-order valence-corrected chi connectivity index (χ4v) is 4.04. The first-order valence-corrected chi connectivity index (χ1v) is 8.52. The van der Waals surface area contributed by atoms with E-state index in [4.69, 9.17) is 4.74 Å². The number of rotatable bonds is 5. The van der Waals surface area contributed by atoms with Crippen molar-refractivity contribution >= 4 is 17.7 Å². The zero-order valence-electron chi connectivity index (χ0n) is 12.0. The Hall–Kier alpha value is -0.260. The van der Waals surface area contributed by atoms with Gasteiger partial charge in [-0.25, -0.2) is 0 Å². The summed E-state index contributed by atoms with van der Waals surface area (Å²) < 4.78 is 5.32. The van der Waals surface area contributed by atoms with Crippen molar-refractivity contribution in [2.24, 2.45) is 5.41 Å². The van der Waals surface area contributed by atoms with Gasteiger partial charge >= 0.3 is 0 Å². The van der Waals surface area contributed by atoms with Crippen LogP contribution in [0.3, 0.4) is 0 Å². The van der Waals surface area contributed by atoms with E-state index >= 15 is 0 Å². The summed E-state index contributed by atoms with van der Waals surface area (Å²) in [5.41, 5.74) is -0.308. The number of amides is 1. The van der Waals surface area contributed by atoms with Crippen LogP contribution in [0.25, 0.3) is 0 Å². The molecule has 2 fully saturated rings. The van der Waals surface area contributed by atoms with Crippen LogP contribution in [0, 0.1) is 5.41 Å². The van der Waals surface area contributed by atoms with Gasteiger partial charge in [0.1, 0.15) is 0 Å². The average Bonchev–Trinajstić information content (AvgIpc) is 2.88. The predicted molar refractivity (Wildman–Crippen MR) is 79.5 cm³/mol. The largest absolute Gasteiger partial charge is 0.384 e. The van der Waals surface area contributed by atoms with E-state index in [2.05, 4.69) is 16.9 Å². The Morgan fingerprint density at radius 2 is 2.16 bits per heavy atom. The van der Waals surface area contributed by atoms with Gasteiger partial charge in [-0.3, -0.25) is 4.79 Å². The molecule has 2 N–H and O–H groups in total. The third-order valence-corrected chi connectivity index (χ3v) is 5.61. The van der Waals surface area contributed by atoms with E-state index in [1.54, 1.807) is 7.11 Å². The van der Waals surface area contributed by atoms with Crippen molar-refractivity contribution < 1.29 is 9.53 Å². The number of carbonyl (C=O) groups is 1. The van der Waals surface area contributed by atoms with Crippen molar-refractivity contribution in [3.05, 3.63) is 0 Å². The maximum absolute atomic E-state index is 12.6. The number of hydrogen-bond acceptors (Lipinski definition) is 4. The van der Waals surface area contributed by atoms with E-state index in [1.165, 1.54) is 6.42 Å². The topological polar surface area (TPSA) is 50.4 Å². The highest BCUT2D eigenvalue weighted by Crippen LogP contribution is 2.32. The number of thioether (sulfide) groups is 1. The van der Waals surface area contributed by atoms with E-state index in [-0.39, 0.29) is 11.3 Å². The number of ether oxygens (including phenoxy) is 1. The molecule has 1 heterocycles. The van der Waals surface area contributed by atoms with Gasteiger partial charge in [0.25, 0.3) is 0 Å². The van der Waals surface area contributed by atoms with Crippen molar-refractivity contribution in [3.63, 3.8) is 0 Å². The van der Waals surface area contributed by atoms with Crippen LogP contribution in [0.5, 0.6) is 0 Å². The smallest absolute Gasteiger partial charge is 0.228 e. The van der Waals surface area contributed by atoms with Crippen LogP contribution >= 0.6 is 11.8 Å². The van der Waals surface area contributed by atoms with Crippen molar-refractivity contribution in [1.82, 2.24) is 10.6 Å². The van der Waals surface area contributed by atoms with Gasteiger partial charge < -0.3 is 15.4 Å². The summed E-state index contributed by atoms with van der Waals surface area (Å²) >= 11 is 1.92. The average molecular weight is 286 g/mol. The van der Waals surface area contributed by atoms with Gasteiger partial charge in [-0.05, 0) is 51.4 Å². The van der Waals surface area contributed by atoms with Gasteiger partial charge in [0.05, 0.1) is 12.0 Å². The highest BCUT2D eigenvalue weighted by Gasteiger charge is 2.41. The Balaban J connectivity index is 1.92. The third kappa shape index (κ3) is 3.64. The summed E-state index contributed by atoms with van der Waals surface area (Å²) in [7, 11) is 1.69. The Morgan fingerprint density at radius 1 is 1.42 bits per heavy atom. The lowest BCUT2D eigenvalue weighted by molar-refractivity contribution is -0.136. The molecule has 0 aromatic carbocycles. The minimum Gasteiger partial charge on any atom is -0.384 e. The second-order valence-electron chi connectivity index (χ2n) is 5.80. The second-order valence-corrected chi connectivity index (χ2v) is 6.94. The quantitative estimate of drug-likeness (QED) is 0.802. The summed E-state index contributed by atoms with van der Waals surface area (Å²) in [6.45, 7) is 2.36. The molecule has 2 unspecified atom stereocenters. The molecule has 1 saturated carbocycles. The minimum absolute atomic E-state index is 0.211. The third-order valence-electron chi connectivity index (χ3n) is 4.52. The summed E-state index contributed by atoms with van der Waals surface area (Å²) in [6.07, 6.45) is 7.39. The molecule has 2 atom stereocenters. The van der Waals surface area contributed by atoms with Crippen molar-refractivity contribution in [3.8, 4) is 0 Å². The molecule has 1 saturated heterocycles. The second kappa shape index (κ2) is 6.95. The first-order valence-electron chi connectivity index (χ1n) is 7.23. The first kappa shape index (κ1) is 15.1. The molecule has 2 rings (SSSR count). The van der Waals surface area contributed by atoms with Crippen LogP contribution in [0.2, 0.25) is 0 Å². The predicted octanol–water partition coefficient (Wildman–Crippen LogP) is 1.40. The number of nitrogens with one attached hydrogen (secondary N) is 2. The molecule has 1 aliphatic carbocycles. The molecular formula is C14H26N2O2S. The van der Waals surface area contributed by atoms with E-state index in [0.29, 0.717) is 12.6 Å². The molecule has 0 aromatic heterocycles. The fourth-order valence-electron chi connectivity index (χ4n) is 3.24. The Morgan fingerprint density at radius 3 is 2.74 bits per heavy atom. The van der Waals surface area contributed by atoms with Crippen LogP contribution in [-0.2, 0) is 9.53 Å². The van der Waals surface area contributed by atoms with Gasteiger partial charge in [0.15, 0.2) is 0 Å². The molecule has 0 radical (unpaired) electrons. The minimum atomic E-state index is -0.308. The summed E-state index contributed by atoms with van der Waals surface area (Å²) in [6, 6.07) is 0.369. The SMILES string of the molecule is COCC1(C(=O)NC2CCC(SC)C2)CCNCC1. The van der Waals surface area contributed by atoms with E-state index < -0.39 is 0 Å². The maximum atomic E-state index is 12.6. The van der Waals surface area contributed by atoms with E-state index in [1.807, 2.05) is 11.8 Å². The van der Waals surface area contributed by atoms with Crippen LogP contribution in [-0.4, -0.2) is 50.3 Å². The van der Waals surface area contributed by atoms with E-state index in [0.717, 1.165) is 44.0 Å². The number of methoxy groups -OCH3 is 1. The molecular weight excluding hydrogens is 260 g/mol. The van der Waals surface area contributed by atoms with Crippen molar-refractivity contribution in [2.45, 2.75) is 43.4 Å². The summed E-state index contributed by atoms with van der Waals surface area (Å²) in [5, 5.41) is 7.32. The molecule has 0 bridgehead atoms. The Labute approximate surface area is 120 Å². The van der Waals surface area contributed by atoms with Gasteiger partial charge in [-0.2, -0.15) is 11.8 Å². The van der Waals surface area contributed by atoms with Gasteiger partial charge in [0, 0.05) is 18.4 Å². The first-order chi connectivity index (χ1) is 9.20. The standard InChI is InChI=1S/C14H26N2O2S/c1-18-10-14(5-7-15-8-6-14)13(17)16-11-3-4-12(9-11)19-2/h11-12,15H,3-10H2,1-2H3,(H,16,17). The summed E-state index contributed by atoms with van der Waals surface area (Å²) in [4.78, 5) is 12.6. The summed E-state index contributed by atoms with van der Waals surface area (Å²) in [5.74, 6) is 0.211. The van der Waals surface area contributed by atoms with Crippen LogP contribution in [0.4, 0.5) is 0 Å². The molecule has 0 spiro atoms. The zero-order valence-corrected chi connectivity index (χ0v) is 12.9. The zero-order chi connectivity index (χ0) is 13.7. The highest BCUT2D eigenvalue weighted by molar-refractivity contribution is 7.99.